The monoisotopic (exact) mass is 1000 g/mol. The summed E-state index contributed by atoms with van der Waals surface area (Å²) in [4.78, 5) is 6.50. The van der Waals surface area contributed by atoms with E-state index in [1.807, 2.05) is 4.58 Å². The molecule has 0 aromatic carbocycles. The highest BCUT2D eigenvalue weighted by Crippen LogP contribution is 2.15. The van der Waals surface area contributed by atoms with Crippen molar-refractivity contribution in [1.82, 2.24) is 30.7 Å². The summed E-state index contributed by atoms with van der Waals surface area (Å²) in [5, 5.41) is 12.0. The van der Waals surface area contributed by atoms with Crippen LogP contribution in [0.25, 0.3) is 0 Å². The lowest BCUT2D eigenvalue weighted by Crippen LogP contribution is -2.67. The molecule has 0 amide bonds. The maximum atomic E-state index is 6.50. The van der Waals surface area contributed by atoms with Crippen LogP contribution in [-0.2, 0) is 28.5 Å². The van der Waals surface area contributed by atoms with Gasteiger partial charge in [0, 0.05) is 85.7 Å². The highest BCUT2D eigenvalue weighted by atomic mass is 32.2. The molecule has 0 aromatic heterocycles. The van der Waals surface area contributed by atoms with E-state index in [-0.39, 0.29) is 5.79 Å². The predicted molar refractivity (Wildman–Crippen MR) is 298 cm³/mol. The molecule has 0 saturated heterocycles. The first kappa shape index (κ1) is 68.9. The van der Waals surface area contributed by atoms with E-state index in [1.54, 1.807) is 12.1 Å². The molecule has 0 aliphatic heterocycles. The summed E-state index contributed by atoms with van der Waals surface area (Å²) in [5.74, 6) is -0.353. The molecule has 12 nitrogen and oxygen atoms in total. The molecule has 0 heterocycles. The number of unbranched alkanes of at least 4 members (excludes halogenated alkanes) is 24. The van der Waals surface area contributed by atoms with E-state index >= 15 is 0 Å². The fraction of sp³-hybridized carbons (Fsp3) is 1.00. The molecule has 0 fully saturated rings. The number of hydrogen-bond donors (Lipinski definition) is 5. The van der Waals surface area contributed by atoms with Crippen LogP contribution in [0, 0.1) is 0 Å². The summed E-state index contributed by atoms with van der Waals surface area (Å²) >= 11 is 1.57. The molecule has 0 aliphatic carbocycles. The Balaban J connectivity index is 5.23. The lowest BCUT2D eigenvalue weighted by molar-refractivity contribution is -0.114. The van der Waals surface area contributed by atoms with Crippen molar-refractivity contribution in [2.75, 3.05) is 105 Å². The minimum Gasteiger partial charge on any atom is -0.382 e. The number of rotatable bonds is 63. The quantitative estimate of drug-likeness (QED) is 0.0172. The first-order valence-corrected chi connectivity index (χ1v) is 30.6. The maximum absolute atomic E-state index is 6.50. The van der Waals surface area contributed by atoms with Crippen LogP contribution >= 0.6 is 12.1 Å². The molecule has 0 saturated carbocycles. The number of nitrogens with one attached hydrogen (secondary N) is 5. The van der Waals surface area contributed by atoms with Crippen molar-refractivity contribution in [1.29, 1.82) is 0 Å². The second-order valence-corrected chi connectivity index (χ2v) is 20.1. The second-order valence-electron chi connectivity index (χ2n) is 19.3. The van der Waals surface area contributed by atoms with E-state index in [4.69, 9.17) is 28.5 Å². The molecule has 1 atom stereocenters. The summed E-state index contributed by atoms with van der Waals surface area (Å²) < 4.78 is 33.9. The van der Waals surface area contributed by atoms with Gasteiger partial charge in [0.2, 0.25) is 0 Å². The van der Waals surface area contributed by atoms with Crippen molar-refractivity contribution >= 4 is 12.1 Å². The molecule has 0 bridgehead atoms. The van der Waals surface area contributed by atoms with Gasteiger partial charge in [-0.2, -0.15) is 0 Å². The highest BCUT2D eigenvalue weighted by Gasteiger charge is 2.27. The van der Waals surface area contributed by atoms with Crippen LogP contribution < -0.4 is 26.1 Å². The summed E-state index contributed by atoms with van der Waals surface area (Å²) in [7, 11) is 0. The van der Waals surface area contributed by atoms with Gasteiger partial charge < -0.3 is 23.7 Å². The first-order chi connectivity index (χ1) is 34.2. The van der Waals surface area contributed by atoms with Gasteiger partial charge in [0.1, 0.15) is 5.79 Å². The molecule has 0 aromatic rings. The lowest BCUT2D eigenvalue weighted by atomic mass is 10.1. The maximum Gasteiger partial charge on any atom is 0.123 e. The Morgan fingerprint density at radius 3 is 1.13 bits per heavy atom. The highest BCUT2D eigenvalue weighted by molar-refractivity contribution is 7.94. The Bertz CT molecular complexity index is 939. The largest absolute Gasteiger partial charge is 0.382 e. The van der Waals surface area contributed by atoms with Crippen molar-refractivity contribution in [3.05, 3.63) is 0 Å². The number of ether oxygens (including phenoxy) is 5. The molecule has 416 valence electrons. The van der Waals surface area contributed by atoms with E-state index in [9.17, 15) is 0 Å². The SMILES string of the molecule is CCCCOCCCCCCNN(OCCCC(NCCCCCCCCCCCOCC)(NCCCCCCOCC)NCCCOCCC)SNCCCCCCCCCCCCOCCC. The molecule has 13 heteroatoms. The van der Waals surface area contributed by atoms with Crippen LogP contribution in [0.4, 0.5) is 0 Å². The van der Waals surface area contributed by atoms with Crippen LogP contribution in [0.5, 0.6) is 0 Å². The summed E-state index contributed by atoms with van der Waals surface area (Å²) in [6, 6.07) is 0. The molecule has 69 heavy (non-hydrogen) atoms. The number of nitrogens with zero attached hydrogens (tertiary/aromatic N) is 1. The predicted octanol–water partition coefficient (Wildman–Crippen LogP) is 13.7. The smallest absolute Gasteiger partial charge is 0.123 e. The topological polar surface area (TPSA) is 119 Å². The fourth-order valence-electron chi connectivity index (χ4n) is 8.27. The molecule has 0 rings (SSSR count). The second kappa shape index (κ2) is 60.4. The lowest BCUT2D eigenvalue weighted by Gasteiger charge is -2.38. The van der Waals surface area contributed by atoms with Gasteiger partial charge in [-0.05, 0) is 121 Å². The van der Waals surface area contributed by atoms with Gasteiger partial charge in [-0.15, -0.1) is 0 Å². The standard InChI is InChI=1S/C56H120N6O6S/c1-6-11-49-67-53-38-30-26-33-45-60-62(69-61-46-34-24-20-16-12-13-17-22-28-37-52-65-47-7-2)68-55-39-41-56(59-44-40-54-66-48-8-3,58-43-32-25-29-36-51-64-10-5)57-42-31-23-19-15-14-18-21-27-35-50-63-9-4/h57-61H,6-55H2,1-5H3. The normalized spacial score (nSPS) is 12.8. The van der Waals surface area contributed by atoms with Crippen LogP contribution in [-0.4, -0.2) is 116 Å². The van der Waals surface area contributed by atoms with E-state index in [1.165, 1.54) is 154 Å². The zero-order valence-electron chi connectivity index (χ0n) is 46.7. The molecule has 0 aliphatic rings. The Kier molecular flexibility index (Phi) is 60.3. The van der Waals surface area contributed by atoms with E-state index < -0.39 is 0 Å². The third kappa shape index (κ3) is 54.0. The third-order valence-electron chi connectivity index (χ3n) is 12.5. The van der Waals surface area contributed by atoms with Crippen molar-refractivity contribution < 1.29 is 28.5 Å². The molecule has 0 spiro atoms. The third-order valence-corrected chi connectivity index (χ3v) is 13.2. The summed E-state index contributed by atoms with van der Waals surface area (Å²) in [6.45, 7) is 24.8. The minimum atomic E-state index is -0.353. The Morgan fingerprint density at radius 1 is 0.319 bits per heavy atom. The number of hydrogen-bond acceptors (Lipinski definition) is 13. The Morgan fingerprint density at radius 2 is 0.681 bits per heavy atom. The van der Waals surface area contributed by atoms with Crippen LogP contribution in [0.2, 0.25) is 0 Å². The van der Waals surface area contributed by atoms with Gasteiger partial charge in [0.15, 0.2) is 0 Å². The van der Waals surface area contributed by atoms with E-state index in [0.717, 1.165) is 163 Å². The summed E-state index contributed by atoms with van der Waals surface area (Å²) in [5.41, 5.74) is 3.59. The van der Waals surface area contributed by atoms with Crippen molar-refractivity contribution in [3.8, 4) is 0 Å². The molecular formula is C56H120N6O6S. The average Bonchev–Trinajstić information content (AvgIpc) is 3.36. The van der Waals surface area contributed by atoms with Gasteiger partial charge >= 0.3 is 0 Å². The molecule has 0 radical (unpaired) electrons. The average molecular weight is 1010 g/mol. The van der Waals surface area contributed by atoms with Crippen molar-refractivity contribution in [3.63, 3.8) is 0 Å². The molecular weight excluding hydrogens is 885 g/mol. The van der Waals surface area contributed by atoms with Gasteiger partial charge in [-0.1, -0.05) is 149 Å². The first-order valence-electron chi connectivity index (χ1n) is 29.9. The fourth-order valence-corrected chi connectivity index (χ4v) is 8.91. The minimum absolute atomic E-state index is 0.353. The van der Waals surface area contributed by atoms with Gasteiger partial charge in [-0.3, -0.25) is 20.8 Å². The van der Waals surface area contributed by atoms with Crippen LogP contribution in [0.3, 0.4) is 0 Å². The van der Waals surface area contributed by atoms with Crippen molar-refractivity contribution in [2.45, 2.75) is 259 Å². The van der Waals surface area contributed by atoms with Crippen LogP contribution in [0.1, 0.15) is 253 Å². The van der Waals surface area contributed by atoms with Gasteiger partial charge in [0.05, 0.1) is 18.7 Å². The van der Waals surface area contributed by atoms with Gasteiger partial charge in [-0.25, -0.2) is 10.1 Å². The van der Waals surface area contributed by atoms with E-state index in [2.05, 4.69) is 60.7 Å². The van der Waals surface area contributed by atoms with Gasteiger partial charge in [0.25, 0.3) is 0 Å². The molecule has 5 N–H and O–H groups in total. The zero-order valence-corrected chi connectivity index (χ0v) is 47.5. The van der Waals surface area contributed by atoms with Crippen molar-refractivity contribution in [2.24, 2.45) is 0 Å². The van der Waals surface area contributed by atoms with Crippen LogP contribution in [0.15, 0.2) is 0 Å². The summed E-state index contributed by atoms with van der Waals surface area (Å²) in [6.07, 6.45) is 41.6. The number of hydrazine groups is 1. The zero-order chi connectivity index (χ0) is 49.9. The Labute approximate surface area is 433 Å². The van der Waals surface area contributed by atoms with E-state index in [0.29, 0.717) is 6.61 Å². The molecule has 1 unspecified atom stereocenters. The Hall–Kier alpha value is -0.130.